The molecule has 1 N–H and O–H groups in total. The maximum Gasteiger partial charge on any atom is 0.104 e. The molecule has 0 aromatic rings. The quantitative estimate of drug-likeness (QED) is 0.586. The fourth-order valence-electron chi connectivity index (χ4n) is 0.123. The molecule has 1 unspecified atom stereocenters. The Morgan fingerprint density at radius 3 is 2.50 bits per heavy atom. The summed E-state index contributed by atoms with van der Waals surface area (Å²) in [5.41, 5.74) is 0. The molecule has 0 aliphatic heterocycles. The van der Waals surface area contributed by atoms with Crippen LogP contribution in [-0.4, -0.2) is 10.6 Å². The summed E-state index contributed by atoms with van der Waals surface area (Å²) in [7, 11) is 0. The van der Waals surface area contributed by atoms with E-state index >= 15 is 0 Å². The lowest BCUT2D eigenvalue weighted by Crippen LogP contribution is -1.53. The van der Waals surface area contributed by atoms with Crippen LogP contribution in [-0.2, 0) is 11.8 Å². The summed E-state index contributed by atoms with van der Waals surface area (Å²) in [5.74, 6) is 0.939. The largest absolute Gasteiger partial charge is 0.359 e. The Balaban J connectivity index is 2.83. The van der Waals surface area contributed by atoms with Crippen LogP contribution < -0.4 is 0 Å². The van der Waals surface area contributed by atoms with Gasteiger partial charge in [-0.2, -0.15) is 0 Å². The van der Waals surface area contributed by atoms with Gasteiger partial charge in [-0.05, 0) is 5.75 Å². The Hall–Kier alpha value is 0.960. The van der Waals surface area contributed by atoms with Crippen LogP contribution in [0.3, 0.4) is 0 Å². The molecule has 0 radical (unpaired) electrons. The molecule has 0 saturated carbocycles. The summed E-state index contributed by atoms with van der Waals surface area (Å²) in [5, 5.41) is 0. The van der Waals surface area contributed by atoms with Crippen molar-refractivity contribution in [2.45, 2.75) is 6.92 Å². The molecule has 1 atom stereocenters. The lowest BCUT2D eigenvalue weighted by molar-refractivity contribution is 0.658. The molecule has 0 fully saturated rings. The Kier molecular flexibility index (Phi) is 4.79. The summed E-state index contributed by atoms with van der Waals surface area (Å²) in [6.07, 6.45) is -1.39. The monoisotopic (exact) mass is 142 g/mol. The predicted octanol–water partition coefficient (Wildman–Crippen LogP) is 1.24. The van der Waals surface area contributed by atoms with Crippen LogP contribution in [0.1, 0.15) is 6.92 Å². The summed E-state index contributed by atoms with van der Waals surface area (Å²) in [6.45, 7) is 1.98. The van der Waals surface area contributed by atoms with Crippen LogP contribution in [0.2, 0.25) is 0 Å². The Bertz CT molecular complexity index is 55.5. The van der Waals surface area contributed by atoms with Crippen molar-refractivity contribution in [2.75, 3.05) is 5.75 Å². The molecule has 0 amide bonds. The second kappa shape index (κ2) is 4.13. The number of hydrogen-bond acceptors (Lipinski definition) is 2. The molecule has 0 spiro atoms. The minimum absolute atomic E-state index is 0.939. The first-order chi connectivity index (χ1) is 2.77. The fourth-order valence-corrected chi connectivity index (χ4v) is 2.17. The van der Waals surface area contributed by atoms with Crippen LogP contribution in [0.25, 0.3) is 0 Å². The van der Waals surface area contributed by atoms with E-state index in [9.17, 15) is 0 Å². The van der Waals surface area contributed by atoms with Gasteiger partial charge in [0.15, 0.2) is 0 Å². The van der Waals surface area contributed by atoms with Crippen molar-refractivity contribution in [2.24, 2.45) is 0 Å². The maximum absolute atomic E-state index is 8.43. The Morgan fingerprint density at radius 2 is 2.50 bits per heavy atom. The standard InChI is InChI=1S/C2H7OPS2/c1-2-6-4(3)5/h4H,2H2,1H3,(H,3,5). The highest BCUT2D eigenvalue weighted by Crippen LogP contribution is 2.31. The van der Waals surface area contributed by atoms with E-state index in [0.29, 0.717) is 0 Å². The summed E-state index contributed by atoms with van der Waals surface area (Å²) in [6, 6.07) is 0. The third-order valence-corrected chi connectivity index (χ3v) is 3.47. The SMILES string of the molecule is CCS[PH](O)=S. The highest BCUT2D eigenvalue weighted by Gasteiger charge is 1.78. The van der Waals surface area contributed by atoms with Gasteiger partial charge >= 0.3 is 0 Å². The molecule has 6 heavy (non-hydrogen) atoms. The van der Waals surface area contributed by atoms with Gasteiger partial charge in [-0.1, -0.05) is 18.7 Å². The lowest BCUT2D eigenvalue weighted by atomic mass is 11.0. The van der Waals surface area contributed by atoms with Crippen molar-refractivity contribution in [1.82, 2.24) is 0 Å². The van der Waals surface area contributed by atoms with Gasteiger partial charge in [0.1, 0.15) is 6.13 Å². The zero-order valence-electron chi connectivity index (χ0n) is 3.47. The van der Waals surface area contributed by atoms with E-state index < -0.39 is 6.13 Å². The van der Waals surface area contributed by atoms with Crippen LogP contribution in [0, 0.1) is 0 Å². The van der Waals surface area contributed by atoms with Crippen LogP contribution >= 0.6 is 17.5 Å². The van der Waals surface area contributed by atoms with Gasteiger partial charge in [0.2, 0.25) is 0 Å². The lowest BCUT2D eigenvalue weighted by Gasteiger charge is -1.86. The molecule has 38 valence electrons. The first kappa shape index (κ1) is 6.96. The average molecular weight is 142 g/mol. The smallest absolute Gasteiger partial charge is 0.104 e. The summed E-state index contributed by atoms with van der Waals surface area (Å²) in [4.78, 5) is 8.43. The molecule has 0 rings (SSSR count). The minimum atomic E-state index is -1.39. The average Bonchev–Trinajstić information content (AvgIpc) is 1.35. The number of rotatable bonds is 2. The van der Waals surface area contributed by atoms with E-state index in [1.807, 2.05) is 6.92 Å². The molecule has 0 aromatic heterocycles. The van der Waals surface area contributed by atoms with E-state index in [1.165, 1.54) is 11.4 Å². The highest BCUT2D eigenvalue weighted by molar-refractivity contribution is 8.62. The second-order valence-electron chi connectivity index (χ2n) is 0.699. The van der Waals surface area contributed by atoms with Crippen molar-refractivity contribution in [1.29, 1.82) is 0 Å². The third-order valence-electron chi connectivity index (χ3n) is 0.268. The molecular formula is C2H7OPS2. The van der Waals surface area contributed by atoms with E-state index in [0.717, 1.165) is 5.75 Å². The zero-order valence-corrected chi connectivity index (χ0v) is 6.10. The van der Waals surface area contributed by atoms with Crippen molar-refractivity contribution >= 4 is 29.3 Å². The molecular weight excluding hydrogens is 135 g/mol. The third kappa shape index (κ3) is 4.96. The maximum atomic E-state index is 8.43. The van der Waals surface area contributed by atoms with Gasteiger partial charge in [0.25, 0.3) is 0 Å². The molecule has 0 saturated heterocycles. The topological polar surface area (TPSA) is 20.2 Å². The van der Waals surface area contributed by atoms with Crippen molar-refractivity contribution in [3.05, 3.63) is 0 Å². The second-order valence-corrected chi connectivity index (χ2v) is 6.06. The molecule has 1 nitrogen and oxygen atoms in total. The van der Waals surface area contributed by atoms with Crippen LogP contribution in [0.5, 0.6) is 0 Å². The van der Waals surface area contributed by atoms with Gasteiger partial charge < -0.3 is 4.89 Å². The van der Waals surface area contributed by atoms with Gasteiger partial charge in [-0.3, -0.25) is 0 Å². The first-order valence-electron chi connectivity index (χ1n) is 1.63. The van der Waals surface area contributed by atoms with E-state index in [-0.39, 0.29) is 0 Å². The highest BCUT2D eigenvalue weighted by atomic mass is 32.9. The summed E-state index contributed by atoms with van der Waals surface area (Å²) < 4.78 is 0. The predicted molar refractivity (Wildman–Crippen MR) is 36.0 cm³/mol. The fraction of sp³-hybridized carbons (Fsp3) is 1.00. The summed E-state index contributed by atoms with van der Waals surface area (Å²) >= 11 is 5.96. The molecule has 0 aromatic carbocycles. The molecule has 0 heterocycles. The molecule has 0 bridgehead atoms. The molecule has 0 aliphatic rings. The number of hydrogen-bond donors (Lipinski definition) is 1. The Labute approximate surface area is 47.4 Å². The Morgan fingerprint density at radius 1 is 2.00 bits per heavy atom. The van der Waals surface area contributed by atoms with Crippen molar-refractivity contribution in [3.8, 4) is 0 Å². The van der Waals surface area contributed by atoms with Crippen LogP contribution in [0.15, 0.2) is 0 Å². The van der Waals surface area contributed by atoms with Crippen molar-refractivity contribution < 1.29 is 4.89 Å². The normalized spacial score (nSPS) is 14.3. The van der Waals surface area contributed by atoms with Crippen LogP contribution in [0.4, 0.5) is 0 Å². The molecule has 0 aliphatic carbocycles. The minimum Gasteiger partial charge on any atom is -0.359 e. The van der Waals surface area contributed by atoms with Gasteiger partial charge in [-0.15, -0.1) is 11.4 Å². The van der Waals surface area contributed by atoms with E-state index in [2.05, 4.69) is 11.8 Å². The van der Waals surface area contributed by atoms with Gasteiger partial charge in [-0.25, -0.2) is 0 Å². The first-order valence-corrected chi connectivity index (χ1v) is 5.92. The van der Waals surface area contributed by atoms with Crippen molar-refractivity contribution in [3.63, 3.8) is 0 Å². The molecule has 4 heteroatoms. The zero-order chi connectivity index (χ0) is 4.99. The van der Waals surface area contributed by atoms with E-state index in [1.54, 1.807) is 0 Å². The van der Waals surface area contributed by atoms with Gasteiger partial charge in [0, 0.05) is 0 Å². The van der Waals surface area contributed by atoms with Gasteiger partial charge in [0.05, 0.1) is 0 Å². The van der Waals surface area contributed by atoms with E-state index in [4.69, 9.17) is 4.89 Å².